The lowest BCUT2D eigenvalue weighted by Gasteiger charge is -2.33. The number of benzene rings is 1. The summed E-state index contributed by atoms with van der Waals surface area (Å²) >= 11 is 0. The first kappa shape index (κ1) is 21.2. The fraction of sp³-hybridized carbons (Fsp3) is 0.583. The third-order valence-electron chi connectivity index (χ3n) is 7.32. The van der Waals surface area contributed by atoms with E-state index in [1.807, 2.05) is 4.90 Å². The molecule has 1 aromatic heterocycles. The van der Waals surface area contributed by atoms with Crippen LogP contribution < -0.4 is 10.6 Å². The zero-order valence-corrected chi connectivity index (χ0v) is 18.6. The number of anilines is 3. The molecule has 1 fully saturated rings. The van der Waals surface area contributed by atoms with Gasteiger partial charge in [-0.05, 0) is 43.4 Å². The number of hydrogen-bond acceptors (Lipinski definition) is 4. The molecule has 0 bridgehead atoms. The van der Waals surface area contributed by atoms with Crippen LogP contribution in [0.5, 0.6) is 0 Å². The van der Waals surface area contributed by atoms with Crippen LogP contribution in [0.2, 0.25) is 0 Å². The molecule has 8 heteroatoms. The number of fused-ring (bicyclic) bond motifs is 2. The maximum absolute atomic E-state index is 13.6. The Labute approximate surface area is 187 Å². The molecule has 1 saturated carbocycles. The maximum atomic E-state index is 13.6. The number of nitrogens with zero attached hydrogens (tertiary/aromatic N) is 4. The fourth-order valence-electron chi connectivity index (χ4n) is 5.62. The third-order valence-corrected chi connectivity index (χ3v) is 7.32. The molecule has 0 unspecified atom stereocenters. The molecule has 2 aliphatic heterocycles. The molecule has 1 aromatic carbocycles. The molecular weight excluding hydrogens is 412 g/mol. The topological polar surface area (TPSA) is 67.4 Å². The van der Waals surface area contributed by atoms with E-state index < -0.39 is 6.43 Å². The second-order valence-electron chi connectivity index (χ2n) is 9.34. The van der Waals surface area contributed by atoms with Crippen LogP contribution in [0.4, 0.5) is 26.0 Å². The summed E-state index contributed by atoms with van der Waals surface area (Å²) in [6, 6.07) is 3.63. The number of hydrogen-bond donors (Lipinski definition) is 1. The summed E-state index contributed by atoms with van der Waals surface area (Å²) in [5.41, 5.74) is 10.00. The monoisotopic (exact) mass is 443 g/mol. The first-order valence-electron chi connectivity index (χ1n) is 11.8. The highest BCUT2D eigenvalue weighted by molar-refractivity contribution is 5.76. The van der Waals surface area contributed by atoms with E-state index >= 15 is 0 Å². The summed E-state index contributed by atoms with van der Waals surface area (Å²) < 4.78 is 29.5. The van der Waals surface area contributed by atoms with Crippen molar-refractivity contribution < 1.29 is 13.6 Å². The number of carbonyl (C=O) groups excluding carboxylic acids is 1. The molecule has 5 rings (SSSR count). The van der Waals surface area contributed by atoms with Gasteiger partial charge in [-0.25, -0.2) is 8.78 Å². The smallest absolute Gasteiger partial charge is 0.265 e. The summed E-state index contributed by atoms with van der Waals surface area (Å²) in [6.07, 6.45) is 5.79. The minimum Gasteiger partial charge on any atom is -0.398 e. The van der Waals surface area contributed by atoms with Crippen molar-refractivity contribution in [2.75, 3.05) is 23.7 Å². The van der Waals surface area contributed by atoms with E-state index in [1.165, 1.54) is 25.0 Å². The highest BCUT2D eigenvalue weighted by atomic mass is 19.3. The number of halogens is 2. The first-order chi connectivity index (χ1) is 15.4. The first-order valence-corrected chi connectivity index (χ1v) is 11.8. The number of aromatic nitrogens is 2. The maximum Gasteiger partial charge on any atom is 0.265 e. The Morgan fingerprint density at radius 3 is 2.62 bits per heavy atom. The molecule has 32 heavy (non-hydrogen) atoms. The summed E-state index contributed by atoms with van der Waals surface area (Å²) in [4.78, 5) is 16.1. The molecule has 1 aliphatic carbocycles. The molecule has 2 aromatic rings. The number of nitrogen functional groups attached to an aromatic ring is 1. The lowest BCUT2D eigenvalue weighted by atomic mass is 9.95. The zero-order chi connectivity index (χ0) is 22.4. The van der Waals surface area contributed by atoms with Gasteiger partial charge < -0.3 is 15.5 Å². The van der Waals surface area contributed by atoms with Gasteiger partial charge in [-0.1, -0.05) is 19.3 Å². The van der Waals surface area contributed by atoms with Crippen LogP contribution in [-0.2, 0) is 24.2 Å². The third kappa shape index (κ3) is 3.63. The zero-order valence-electron chi connectivity index (χ0n) is 18.6. The summed E-state index contributed by atoms with van der Waals surface area (Å²) in [5.74, 6) is 0.876. The summed E-state index contributed by atoms with van der Waals surface area (Å²) in [7, 11) is 0. The van der Waals surface area contributed by atoms with Crippen molar-refractivity contribution >= 4 is 23.1 Å². The van der Waals surface area contributed by atoms with Gasteiger partial charge in [-0.15, -0.1) is 0 Å². The average Bonchev–Trinajstić information content (AvgIpc) is 3.17. The molecule has 3 aliphatic rings. The fourth-order valence-corrected chi connectivity index (χ4v) is 5.62. The van der Waals surface area contributed by atoms with E-state index in [4.69, 9.17) is 10.8 Å². The van der Waals surface area contributed by atoms with Crippen molar-refractivity contribution in [3.8, 4) is 0 Å². The van der Waals surface area contributed by atoms with Crippen molar-refractivity contribution in [2.45, 2.75) is 77.3 Å². The van der Waals surface area contributed by atoms with E-state index in [-0.39, 0.29) is 17.2 Å². The van der Waals surface area contributed by atoms with E-state index in [0.717, 1.165) is 54.7 Å². The Balaban J connectivity index is 1.62. The number of aryl methyl sites for hydroxylation is 1. The second kappa shape index (κ2) is 8.37. The lowest BCUT2D eigenvalue weighted by molar-refractivity contribution is -0.129. The van der Waals surface area contributed by atoms with Crippen molar-refractivity contribution in [1.82, 2.24) is 14.7 Å². The van der Waals surface area contributed by atoms with Gasteiger partial charge in [0.1, 0.15) is 0 Å². The molecule has 3 heterocycles. The lowest BCUT2D eigenvalue weighted by Crippen LogP contribution is -2.35. The van der Waals surface area contributed by atoms with Gasteiger partial charge in [-0.3, -0.25) is 9.48 Å². The Kier molecular flexibility index (Phi) is 5.55. The number of rotatable bonds is 3. The Hall–Kier alpha value is -2.64. The second-order valence-corrected chi connectivity index (χ2v) is 9.34. The molecule has 0 radical (unpaired) electrons. The van der Waals surface area contributed by atoms with E-state index in [0.29, 0.717) is 25.7 Å². The predicted molar refractivity (Wildman–Crippen MR) is 120 cm³/mol. The van der Waals surface area contributed by atoms with Crippen LogP contribution in [0.25, 0.3) is 0 Å². The summed E-state index contributed by atoms with van der Waals surface area (Å²) in [5, 5.41) is 5.11. The highest BCUT2D eigenvalue weighted by Crippen LogP contribution is 2.42. The molecule has 2 N–H and O–H groups in total. The molecule has 0 saturated heterocycles. The predicted octanol–water partition coefficient (Wildman–Crippen LogP) is 4.90. The molecule has 0 atom stereocenters. The number of nitrogens with two attached hydrogens (primary N) is 1. The van der Waals surface area contributed by atoms with E-state index in [2.05, 4.69) is 9.58 Å². The van der Waals surface area contributed by atoms with Crippen molar-refractivity contribution in [1.29, 1.82) is 0 Å². The minimum absolute atomic E-state index is 0.0545. The van der Waals surface area contributed by atoms with Gasteiger partial charge in [0.15, 0.2) is 5.82 Å². The molecule has 172 valence electrons. The Morgan fingerprint density at radius 1 is 1.12 bits per heavy atom. The average molecular weight is 444 g/mol. The van der Waals surface area contributed by atoms with Crippen molar-refractivity contribution in [3.63, 3.8) is 0 Å². The number of alkyl halides is 2. The molecular formula is C24H31F2N5O. The molecule has 6 nitrogen and oxygen atoms in total. The van der Waals surface area contributed by atoms with Gasteiger partial charge in [0.25, 0.3) is 6.43 Å². The number of carbonyl (C=O) groups is 1. The van der Waals surface area contributed by atoms with Gasteiger partial charge >= 0.3 is 0 Å². The van der Waals surface area contributed by atoms with Crippen LogP contribution in [0.3, 0.4) is 0 Å². The largest absolute Gasteiger partial charge is 0.398 e. The van der Waals surface area contributed by atoms with Gasteiger partial charge in [0, 0.05) is 54.6 Å². The SMILES string of the molecule is CC(=O)N1CCc2c(c(N3CCCc4cc(N)c(C(F)F)cc43)nn2C2CCCCC2)C1. The molecule has 0 spiro atoms. The number of amides is 1. The van der Waals surface area contributed by atoms with Gasteiger partial charge in [0.2, 0.25) is 5.91 Å². The van der Waals surface area contributed by atoms with Gasteiger partial charge in [0.05, 0.1) is 12.6 Å². The van der Waals surface area contributed by atoms with Crippen LogP contribution in [-0.4, -0.2) is 33.7 Å². The van der Waals surface area contributed by atoms with Crippen LogP contribution >= 0.6 is 0 Å². The van der Waals surface area contributed by atoms with Crippen molar-refractivity contribution in [3.05, 3.63) is 34.5 Å². The normalized spacial score (nSPS) is 19.2. The Morgan fingerprint density at radius 2 is 1.91 bits per heavy atom. The van der Waals surface area contributed by atoms with Gasteiger partial charge in [-0.2, -0.15) is 5.10 Å². The van der Waals surface area contributed by atoms with E-state index in [9.17, 15) is 13.6 Å². The summed E-state index contributed by atoms with van der Waals surface area (Å²) in [6.45, 7) is 3.54. The molecule has 1 amide bonds. The van der Waals surface area contributed by atoms with Crippen LogP contribution in [0, 0.1) is 0 Å². The minimum atomic E-state index is -2.62. The van der Waals surface area contributed by atoms with Crippen molar-refractivity contribution in [2.24, 2.45) is 0 Å². The standard InChI is InChI=1S/C24H31F2N5O/c1-15(32)29-11-9-21-19(14-29)24(28-31(21)17-7-3-2-4-8-17)30-10-5-6-16-12-20(27)18(23(25)26)13-22(16)30/h12-13,17,23H,2-11,14,27H2,1H3. The van der Waals surface area contributed by atoms with Crippen LogP contribution in [0.15, 0.2) is 12.1 Å². The van der Waals surface area contributed by atoms with E-state index in [1.54, 1.807) is 19.1 Å². The van der Waals surface area contributed by atoms with Crippen LogP contribution in [0.1, 0.15) is 80.3 Å². The quantitative estimate of drug-likeness (QED) is 0.686. The Bertz CT molecular complexity index is 1030. The highest BCUT2D eigenvalue weighted by Gasteiger charge is 2.33.